The Labute approximate surface area is 212 Å². The van der Waals surface area contributed by atoms with Gasteiger partial charge in [0.25, 0.3) is 5.91 Å². The van der Waals surface area contributed by atoms with Gasteiger partial charge in [-0.05, 0) is 48.0 Å². The molecule has 33 heavy (non-hydrogen) atoms. The average molecular weight is 559 g/mol. The van der Waals surface area contributed by atoms with E-state index >= 15 is 0 Å². The van der Waals surface area contributed by atoms with E-state index in [2.05, 4.69) is 26.2 Å². The standard InChI is InChI=1S/C24H14BrCl2N3O2S/c25-16-3-1-14(2-4-16)9-19-13-29-24(33-19)30-23(31)15(12-28)10-18-6-8-22(32-18)20-7-5-17(26)11-21(20)27/h1-8,10-11,13H,9H2,(H,29,30,31). The first-order chi connectivity index (χ1) is 15.9. The van der Waals surface area contributed by atoms with Crippen LogP contribution in [0.5, 0.6) is 0 Å². The molecule has 1 amide bonds. The number of benzene rings is 2. The lowest BCUT2D eigenvalue weighted by Crippen LogP contribution is -2.13. The van der Waals surface area contributed by atoms with Gasteiger partial charge in [-0.25, -0.2) is 4.98 Å². The number of nitrogens with zero attached hydrogens (tertiary/aromatic N) is 2. The summed E-state index contributed by atoms with van der Waals surface area (Å²) in [6.07, 6.45) is 3.79. The van der Waals surface area contributed by atoms with Crippen LogP contribution in [-0.4, -0.2) is 10.9 Å². The van der Waals surface area contributed by atoms with E-state index < -0.39 is 5.91 Å². The summed E-state index contributed by atoms with van der Waals surface area (Å²) in [5.41, 5.74) is 1.68. The van der Waals surface area contributed by atoms with Crippen LogP contribution in [0.1, 0.15) is 16.2 Å². The molecule has 0 saturated heterocycles. The van der Waals surface area contributed by atoms with Crippen molar-refractivity contribution in [2.45, 2.75) is 6.42 Å². The Morgan fingerprint density at radius 2 is 1.97 bits per heavy atom. The summed E-state index contributed by atoms with van der Waals surface area (Å²) >= 11 is 16.9. The topological polar surface area (TPSA) is 78.9 Å². The number of aromatic nitrogens is 1. The highest BCUT2D eigenvalue weighted by molar-refractivity contribution is 9.10. The van der Waals surface area contributed by atoms with Gasteiger partial charge in [0, 0.05) is 38.6 Å². The number of carbonyl (C=O) groups excluding carboxylic acids is 1. The van der Waals surface area contributed by atoms with Crippen molar-refractivity contribution in [2.24, 2.45) is 0 Å². The predicted octanol–water partition coefficient (Wildman–Crippen LogP) is 7.61. The Morgan fingerprint density at radius 1 is 1.18 bits per heavy atom. The van der Waals surface area contributed by atoms with Crippen LogP contribution in [-0.2, 0) is 11.2 Å². The summed E-state index contributed by atoms with van der Waals surface area (Å²) in [4.78, 5) is 17.8. The van der Waals surface area contributed by atoms with Crippen LogP contribution in [0.3, 0.4) is 0 Å². The zero-order valence-electron chi connectivity index (χ0n) is 16.8. The summed E-state index contributed by atoms with van der Waals surface area (Å²) < 4.78 is 6.76. The second kappa shape index (κ2) is 10.4. The van der Waals surface area contributed by atoms with Gasteiger partial charge in [0.1, 0.15) is 23.2 Å². The van der Waals surface area contributed by atoms with Crippen molar-refractivity contribution in [3.05, 3.63) is 97.1 Å². The number of anilines is 1. The summed E-state index contributed by atoms with van der Waals surface area (Å²) in [7, 11) is 0. The van der Waals surface area contributed by atoms with E-state index in [0.717, 1.165) is 14.9 Å². The quantitative estimate of drug-likeness (QED) is 0.195. The molecule has 2 aromatic heterocycles. The van der Waals surface area contributed by atoms with Crippen LogP contribution in [0.2, 0.25) is 10.0 Å². The molecule has 0 fully saturated rings. The number of carbonyl (C=O) groups is 1. The van der Waals surface area contributed by atoms with Crippen molar-refractivity contribution in [1.82, 2.24) is 4.98 Å². The molecule has 0 aliphatic rings. The molecule has 9 heteroatoms. The van der Waals surface area contributed by atoms with Gasteiger partial charge in [0.05, 0.1) is 5.02 Å². The lowest BCUT2D eigenvalue weighted by Gasteiger charge is -2.01. The zero-order chi connectivity index (χ0) is 23.4. The molecular weight excluding hydrogens is 545 g/mol. The minimum Gasteiger partial charge on any atom is -0.457 e. The van der Waals surface area contributed by atoms with Gasteiger partial charge < -0.3 is 4.42 Å². The fourth-order valence-electron chi connectivity index (χ4n) is 2.97. The highest BCUT2D eigenvalue weighted by atomic mass is 79.9. The van der Waals surface area contributed by atoms with Gasteiger partial charge in [0.2, 0.25) is 0 Å². The van der Waals surface area contributed by atoms with Crippen molar-refractivity contribution in [1.29, 1.82) is 5.26 Å². The fraction of sp³-hybridized carbons (Fsp3) is 0.0417. The Hall–Kier alpha value is -2.89. The van der Waals surface area contributed by atoms with Crippen LogP contribution in [0, 0.1) is 11.3 Å². The third-order valence-electron chi connectivity index (χ3n) is 4.54. The van der Waals surface area contributed by atoms with Gasteiger partial charge in [0.15, 0.2) is 5.13 Å². The molecule has 0 atom stereocenters. The summed E-state index contributed by atoms with van der Waals surface area (Å²) in [5, 5.41) is 13.5. The van der Waals surface area contributed by atoms with Crippen molar-refractivity contribution >= 4 is 67.6 Å². The molecule has 0 aliphatic carbocycles. The monoisotopic (exact) mass is 557 g/mol. The Kier molecular flexibility index (Phi) is 7.31. The number of hydrogen-bond acceptors (Lipinski definition) is 5. The van der Waals surface area contributed by atoms with E-state index in [0.29, 0.717) is 38.7 Å². The van der Waals surface area contributed by atoms with E-state index in [1.54, 1.807) is 36.5 Å². The molecular formula is C24H14BrCl2N3O2S. The molecule has 2 heterocycles. The second-order valence-corrected chi connectivity index (χ2v) is 9.76. The molecule has 0 aliphatic heterocycles. The SMILES string of the molecule is N#CC(=Cc1ccc(-c2ccc(Cl)cc2Cl)o1)C(=O)Nc1ncc(Cc2ccc(Br)cc2)s1. The van der Waals surface area contributed by atoms with E-state index in [9.17, 15) is 10.1 Å². The summed E-state index contributed by atoms with van der Waals surface area (Å²) in [6.45, 7) is 0. The molecule has 0 saturated carbocycles. The third kappa shape index (κ3) is 5.92. The van der Waals surface area contributed by atoms with Crippen LogP contribution in [0.25, 0.3) is 17.4 Å². The second-order valence-electron chi connectivity index (χ2n) is 6.89. The first-order valence-corrected chi connectivity index (χ1v) is 12.0. The molecule has 4 rings (SSSR count). The molecule has 2 aromatic carbocycles. The molecule has 0 unspecified atom stereocenters. The maximum atomic E-state index is 12.6. The molecule has 0 spiro atoms. The number of thiazole rings is 1. The van der Waals surface area contributed by atoms with Crippen molar-refractivity contribution in [3.8, 4) is 17.4 Å². The molecule has 164 valence electrons. The average Bonchev–Trinajstić information content (AvgIpc) is 3.43. The fourth-order valence-corrected chi connectivity index (χ4v) is 4.58. The molecule has 5 nitrogen and oxygen atoms in total. The Bertz CT molecular complexity index is 1390. The van der Waals surface area contributed by atoms with Crippen molar-refractivity contribution < 1.29 is 9.21 Å². The van der Waals surface area contributed by atoms with Crippen LogP contribution < -0.4 is 5.32 Å². The van der Waals surface area contributed by atoms with Gasteiger partial charge in [-0.2, -0.15) is 5.26 Å². The normalized spacial score (nSPS) is 11.3. The largest absolute Gasteiger partial charge is 0.457 e. The third-order valence-corrected chi connectivity index (χ3v) is 6.53. The van der Waals surface area contributed by atoms with E-state index in [4.69, 9.17) is 27.6 Å². The van der Waals surface area contributed by atoms with Gasteiger partial charge in [-0.3, -0.25) is 10.1 Å². The lowest BCUT2D eigenvalue weighted by molar-refractivity contribution is -0.112. The summed E-state index contributed by atoms with van der Waals surface area (Å²) in [5.74, 6) is 0.278. The van der Waals surface area contributed by atoms with Gasteiger partial charge in [-0.15, -0.1) is 11.3 Å². The minimum atomic E-state index is -0.565. The van der Waals surface area contributed by atoms with Crippen LogP contribution in [0.15, 0.2) is 75.3 Å². The van der Waals surface area contributed by atoms with Crippen molar-refractivity contribution in [2.75, 3.05) is 5.32 Å². The van der Waals surface area contributed by atoms with E-state index in [1.807, 2.05) is 30.3 Å². The molecule has 4 aromatic rings. The van der Waals surface area contributed by atoms with Gasteiger partial charge in [-0.1, -0.05) is 51.3 Å². The highest BCUT2D eigenvalue weighted by Gasteiger charge is 2.14. The molecule has 0 radical (unpaired) electrons. The predicted molar refractivity (Wildman–Crippen MR) is 135 cm³/mol. The van der Waals surface area contributed by atoms with E-state index in [-0.39, 0.29) is 5.57 Å². The first kappa shape index (κ1) is 23.3. The van der Waals surface area contributed by atoms with E-state index in [1.165, 1.54) is 17.4 Å². The number of nitriles is 1. The molecule has 1 N–H and O–H groups in total. The number of hydrogen-bond donors (Lipinski definition) is 1. The number of rotatable bonds is 6. The van der Waals surface area contributed by atoms with Crippen LogP contribution >= 0.6 is 50.5 Å². The Morgan fingerprint density at radius 3 is 2.70 bits per heavy atom. The highest BCUT2D eigenvalue weighted by Crippen LogP contribution is 2.32. The number of nitrogens with one attached hydrogen (secondary N) is 1. The van der Waals surface area contributed by atoms with Crippen LogP contribution in [0.4, 0.5) is 5.13 Å². The number of furan rings is 1. The molecule has 0 bridgehead atoms. The zero-order valence-corrected chi connectivity index (χ0v) is 20.7. The maximum Gasteiger partial charge on any atom is 0.268 e. The Balaban J connectivity index is 1.45. The number of halogens is 3. The van der Waals surface area contributed by atoms with Gasteiger partial charge >= 0.3 is 0 Å². The maximum absolute atomic E-state index is 12.6. The number of amides is 1. The lowest BCUT2D eigenvalue weighted by atomic mass is 10.1. The summed E-state index contributed by atoms with van der Waals surface area (Å²) in [6, 6.07) is 18.3. The first-order valence-electron chi connectivity index (χ1n) is 9.59. The van der Waals surface area contributed by atoms with Crippen molar-refractivity contribution in [3.63, 3.8) is 0 Å². The minimum absolute atomic E-state index is 0.109. The smallest absolute Gasteiger partial charge is 0.268 e.